The Bertz CT molecular complexity index is 485. The van der Waals surface area contributed by atoms with Gasteiger partial charge in [-0.1, -0.05) is 13.8 Å². The summed E-state index contributed by atoms with van der Waals surface area (Å²) in [6, 6.07) is 2.01. The zero-order valence-electron chi connectivity index (χ0n) is 13.8. The predicted octanol–water partition coefficient (Wildman–Crippen LogP) is 3.25. The zero-order chi connectivity index (χ0) is 15.7. The molecule has 3 N–H and O–H groups in total. The Labute approximate surface area is 129 Å². The summed E-state index contributed by atoms with van der Waals surface area (Å²) in [4.78, 5) is 17.0. The number of nitrogen functional groups attached to an aromatic ring is 1. The first-order chi connectivity index (χ1) is 9.71. The Kier molecular flexibility index (Phi) is 4.63. The van der Waals surface area contributed by atoms with Crippen LogP contribution in [0.15, 0.2) is 18.5 Å². The lowest BCUT2D eigenvalue weighted by molar-refractivity contribution is 0.330. The molecule has 1 saturated heterocycles. The highest BCUT2D eigenvalue weighted by atomic mass is 28.4. The molecule has 2 heterocycles. The van der Waals surface area contributed by atoms with Gasteiger partial charge in [0, 0.05) is 19.3 Å². The van der Waals surface area contributed by atoms with E-state index in [0.29, 0.717) is 5.92 Å². The lowest BCUT2D eigenvalue weighted by Crippen LogP contribution is -2.43. The van der Waals surface area contributed by atoms with Crippen LogP contribution < -0.4 is 10.6 Å². The van der Waals surface area contributed by atoms with Gasteiger partial charge in [-0.15, -0.1) is 0 Å². The number of rotatable bonds is 4. The van der Waals surface area contributed by atoms with E-state index >= 15 is 0 Å². The van der Waals surface area contributed by atoms with Crippen molar-refractivity contribution >= 4 is 19.7 Å². The average Bonchev–Trinajstić information content (AvgIpc) is 2.37. The van der Waals surface area contributed by atoms with Gasteiger partial charge in [0.2, 0.25) is 0 Å². The Morgan fingerprint density at radius 2 is 2.19 bits per heavy atom. The Hall–Kier alpha value is -1.07. The van der Waals surface area contributed by atoms with Crippen LogP contribution >= 0.6 is 0 Å². The number of anilines is 2. The summed E-state index contributed by atoms with van der Waals surface area (Å²) in [6.45, 7) is 10.6. The second-order valence-electron chi connectivity index (χ2n) is 7.54. The minimum atomic E-state index is -2.13. The van der Waals surface area contributed by atoms with Gasteiger partial charge in [0.05, 0.1) is 17.6 Å². The fraction of sp³-hybridized carbons (Fsp3) is 0.688. The molecule has 1 atom stereocenters. The van der Waals surface area contributed by atoms with Crippen LogP contribution in [-0.2, 0) is 0 Å². The van der Waals surface area contributed by atoms with Crippen LogP contribution in [0.25, 0.3) is 0 Å². The van der Waals surface area contributed by atoms with Crippen LogP contribution in [0.1, 0.15) is 33.1 Å². The molecule has 1 aromatic rings. The molecule has 0 amide bonds. The molecule has 5 heteroatoms. The van der Waals surface area contributed by atoms with Crippen molar-refractivity contribution in [3.05, 3.63) is 18.5 Å². The van der Waals surface area contributed by atoms with Gasteiger partial charge in [-0.2, -0.15) is 0 Å². The van der Waals surface area contributed by atoms with E-state index in [4.69, 9.17) is 5.73 Å². The number of nitrogens with zero attached hydrogens (tertiary/aromatic N) is 2. The molecule has 0 bridgehead atoms. The SMILES string of the molecule is CC(C)(C[C@H]1CCCN(c2ccncc2N)C1)[Si](C)(C)O. The van der Waals surface area contributed by atoms with Crippen LogP contribution in [-0.4, -0.2) is 31.2 Å². The fourth-order valence-electron chi connectivity index (χ4n) is 3.11. The molecule has 1 aliphatic rings. The van der Waals surface area contributed by atoms with E-state index in [1.807, 2.05) is 12.3 Å². The lowest BCUT2D eigenvalue weighted by Gasteiger charge is -2.42. The van der Waals surface area contributed by atoms with Crippen LogP contribution in [0.2, 0.25) is 18.1 Å². The summed E-state index contributed by atoms with van der Waals surface area (Å²) in [6.07, 6.45) is 7.06. The summed E-state index contributed by atoms with van der Waals surface area (Å²) in [5, 5.41) is 0.0461. The molecule has 0 radical (unpaired) electrons. The number of hydrogen-bond donors (Lipinski definition) is 2. The molecule has 0 aromatic carbocycles. The van der Waals surface area contributed by atoms with Crippen molar-refractivity contribution in [1.29, 1.82) is 0 Å². The van der Waals surface area contributed by atoms with Crippen LogP contribution in [0, 0.1) is 5.92 Å². The van der Waals surface area contributed by atoms with Gasteiger partial charge in [-0.25, -0.2) is 0 Å². The first-order valence-corrected chi connectivity index (χ1v) is 10.8. The third-order valence-electron chi connectivity index (χ3n) is 5.14. The minimum Gasteiger partial charge on any atom is -0.432 e. The highest BCUT2D eigenvalue weighted by Gasteiger charge is 2.40. The van der Waals surface area contributed by atoms with Crippen LogP contribution in [0.5, 0.6) is 0 Å². The third kappa shape index (κ3) is 3.77. The molecule has 0 aliphatic carbocycles. The number of pyridine rings is 1. The quantitative estimate of drug-likeness (QED) is 0.838. The topological polar surface area (TPSA) is 62.4 Å². The lowest BCUT2D eigenvalue weighted by atomic mass is 9.89. The summed E-state index contributed by atoms with van der Waals surface area (Å²) in [7, 11) is -2.13. The molecule has 21 heavy (non-hydrogen) atoms. The van der Waals surface area contributed by atoms with Crippen LogP contribution in [0.3, 0.4) is 0 Å². The van der Waals surface area contributed by atoms with E-state index in [9.17, 15) is 4.80 Å². The second-order valence-corrected chi connectivity index (χ2v) is 12.0. The van der Waals surface area contributed by atoms with E-state index in [1.165, 1.54) is 12.8 Å². The molecule has 4 nitrogen and oxygen atoms in total. The van der Waals surface area contributed by atoms with Gasteiger partial charge >= 0.3 is 0 Å². The van der Waals surface area contributed by atoms with Crippen molar-refractivity contribution in [3.63, 3.8) is 0 Å². The second kappa shape index (κ2) is 5.97. The van der Waals surface area contributed by atoms with Crippen LogP contribution in [0.4, 0.5) is 11.4 Å². The molecular formula is C16H29N3OSi. The maximum absolute atomic E-state index is 10.5. The van der Waals surface area contributed by atoms with E-state index < -0.39 is 8.32 Å². The highest BCUT2D eigenvalue weighted by Crippen LogP contribution is 2.43. The Balaban J connectivity index is 2.07. The van der Waals surface area contributed by atoms with E-state index in [2.05, 4.69) is 36.8 Å². The molecule has 118 valence electrons. The zero-order valence-corrected chi connectivity index (χ0v) is 14.8. The molecule has 2 rings (SSSR count). The minimum absolute atomic E-state index is 0.0461. The maximum Gasteiger partial charge on any atom is 0.188 e. The van der Waals surface area contributed by atoms with Gasteiger partial charge in [0.1, 0.15) is 0 Å². The van der Waals surface area contributed by atoms with Crippen molar-refractivity contribution < 1.29 is 4.80 Å². The highest BCUT2D eigenvalue weighted by molar-refractivity contribution is 6.72. The Morgan fingerprint density at radius 1 is 1.48 bits per heavy atom. The molecule has 0 spiro atoms. The molecule has 1 fully saturated rings. The van der Waals surface area contributed by atoms with Gasteiger partial charge in [-0.05, 0) is 49.4 Å². The van der Waals surface area contributed by atoms with Gasteiger partial charge < -0.3 is 15.4 Å². The molecule has 1 aliphatic heterocycles. The van der Waals surface area contributed by atoms with Gasteiger partial charge in [0.15, 0.2) is 8.32 Å². The molecule has 0 unspecified atom stereocenters. The largest absolute Gasteiger partial charge is 0.432 e. The monoisotopic (exact) mass is 307 g/mol. The number of hydrogen-bond acceptors (Lipinski definition) is 4. The van der Waals surface area contributed by atoms with E-state index in [0.717, 1.165) is 30.9 Å². The summed E-state index contributed by atoms with van der Waals surface area (Å²) >= 11 is 0. The standard InChI is InChI=1S/C16H29N3OSi/c1-16(2,21(3,4)20)10-13-6-5-9-19(12-13)15-7-8-18-11-14(15)17/h7-8,11,13,20H,5-6,9-10,12,17H2,1-4H3/t13-/m1/s1. The fourth-order valence-corrected chi connectivity index (χ4v) is 3.90. The normalized spacial score (nSPS) is 20.6. The number of nitrogens with two attached hydrogens (primary N) is 1. The van der Waals surface area contributed by atoms with Crippen molar-refractivity contribution in [2.75, 3.05) is 23.7 Å². The number of aromatic nitrogens is 1. The van der Waals surface area contributed by atoms with Crippen molar-refractivity contribution in [2.24, 2.45) is 5.92 Å². The summed E-state index contributed by atoms with van der Waals surface area (Å²) in [5.41, 5.74) is 7.92. The maximum atomic E-state index is 10.5. The van der Waals surface area contributed by atoms with Gasteiger partial charge in [-0.3, -0.25) is 4.98 Å². The van der Waals surface area contributed by atoms with E-state index in [-0.39, 0.29) is 5.04 Å². The average molecular weight is 308 g/mol. The van der Waals surface area contributed by atoms with Crippen molar-refractivity contribution in [2.45, 2.75) is 51.2 Å². The molecular weight excluding hydrogens is 278 g/mol. The first kappa shape index (κ1) is 16.3. The number of piperidine rings is 1. The molecule has 0 saturated carbocycles. The smallest absolute Gasteiger partial charge is 0.188 e. The molecule has 1 aromatic heterocycles. The van der Waals surface area contributed by atoms with Crippen molar-refractivity contribution in [1.82, 2.24) is 4.98 Å². The summed E-state index contributed by atoms with van der Waals surface area (Å²) < 4.78 is 0. The van der Waals surface area contributed by atoms with E-state index in [1.54, 1.807) is 6.20 Å². The Morgan fingerprint density at radius 3 is 2.81 bits per heavy atom. The predicted molar refractivity (Wildman–Crippen MR) is 91.9 cm³/mol. The van der Waals surface area contributed by atoms with Crippen molar-refractivity contribution in [3.8, 4) is 0 Å². The third-order valence-corrected chi connectivity index (χ3v) is 8.66. The van der Waals surface area contributed by atoms with Gasteiger partial charge in [0.25, 0.3) is 0 Å². The first-order valence-electron chi connectivity index (χ1n) is 7.87. The summed E-state index contributed by atoms with van der Waals surface area (Å²) in [5.74, 6) is 0.625.